The molecular weight excluding hydrogens is 254 g/mol. The molecule has 1 atom stereocenters. The number of benzene rings is 1. The number of anilines is 2. The fourth-order valence-electron chi connectivity index (χ4n) is 2.21. The molecule has 0 bridgehead atoms. The molecule has 0 spiro atoms. The Balaban J connectivity index is 2.07. The van der Waals surface area contributed by atoms with E-state index in [4.69, 9.17) is 0 Å². The highest BCUT2D eigenvalue weighted by atomic mass is 16.2. The summed E-state index contributed by atoms with van der Waals surface area (Å²) in [6.07, 6.45) is 2.34. The Bertz CT molecular complexity index is 508. The van der Waals surface area contributed by atoms with Crippen molar-refractivity contribution in [3.8, 4) is 0 Å². The van der Waals surface area contributed by atoms with Crippen molar-refractivity contribution in [2.24, 2.45) is 0 Å². The molecule has 2 amide bonds. The predicted molar refractivity (Wildman–Crippen MR) is 79.8 cm³/mol. The lowest BCUT2D eigenvalue weighted by atomic mass is 10.1. The molecule has 0 unspecified atom stereocenters. The molecule has 0 radical (unpaired) electrons. The van der Waals surface area contributed by atoms with Gasteiger partial charge in [-0.15, -0.1) is 0 Å². The lowest BCUT2D eigenvalue weighted by Crippen LogP contribution is -2.35. The van der Waals surface area contributed by atoms with Crippen molar-refractivity contribution in [2.75, 3.05) is 17.2 Å². The highest BCUT2D eigenvalue weighted by Gasteiger charge is 2.22. The molecule has 2 rings (SSSR count). The molecule has 5 heteroatoms. The molecule has 20 heavy (non-hydrogen) atoms. The molecule has 1 heterocycles. The molecule has 1 aliphatic heterocycles. The van der Waals surface area contributed by atoms with E-state index in [-0.39, 0.29) is 17.9 Å². The number of amides is 2. The Labute approximate surface area is 119 Å². The molecule has 1 fully saturated rings. The van der Waals surface area contributed by atoms with Gasteiger partial charge in [-0.2, -0.15) is 0 Å². The van der Waals surface area contributed by atoms with E-state index in [1.54, 1.807) is 13.0 Å². The minimum atomic E-state index is -0.108. The molecule has 1 aromatic rings. The Morgan fingerprint density at radius 3 is 2.80 bits per heavy atom. The zero-order valence-corrected chi connectivity index (χ0v) is 12.0. The largest absolute Gasteiger partial charge is 0.326 e. The highest BCUT2D eigenvalue weighted by Crippen LogP contribution is 2.21. The van der Waals surface area contributed by atoms with Gasteiger partial charge in [-0.1, -0.05) is 13.0 Å². The van der Waals surface area contributed by atoms with Gasteiger partial charge in [0.15, 0.2) is 0 Å². The number of nitrogens with one attached hydrogen (secondary N) is 3. The zero-order valence-electron chi connectivity index (χ0n) is 12.0. The van der Waals surface area contributed by atoms with E-state index in [0.29, 0.717) is 12.1 Å². The first-order chi connectivity index (χ1) is 9.60. The highest BCUT2D eigenvalue weighted by molar-refractivity contribution is 5.97. The van der Waals surface area contributed by atoms with Crippen molar-refractivity contribution in [3.63, 3.8) is 0 Å². The normalized spacial score (nSPS) is 17.8. The lowest BCUT2D eigenvalue weighted by molar-refractivity contribution is -0.118. The maximum absolute atomic E-state index is 12.1. The SMILES string of the molecule is CCC(=O)Nc1ccc(C)c(NC(=O)[C@H]2CCCN2)c1. The van der Waals surface area contributed by atoms with E-state index in [9.17, 15) is 9.59 Å². The van der Waals surface area contributed by atoms with E-state index < -0.39 is 0 Å². The van der Waals surface area contributed by atoms with Gasteiger partial charge in [0, 0.05) is 17.8 Å². The molecule has 1 aliphatic rings. The fourth-order valence-corrected chi connectivity index (χ4v) is 2.21. The molecule has 0 aliphatic carbocycles. The Morgan fingerprint density at radius 1 is 1.35 bits per heavy atom. The molecule has 3 N–H and O–H groups in total. The van der Waals surface area contributed by atoms with Gasteiger partial charge in [0.05, 0.1) is 6.04 Å². The quantitative estimate of drug-likeness (QED) is 0.787. The second kappa shape index (κ2) is 6.52. The second-order valence-corrected chi connectivity index (χ2v) is 5.07. The number of hydrogen-bond acceptors (Lipinski definition) is 3. The minimum Gasteiger partial charge on any atom is -0.326 e. The van der Waals surface area contributed by atoms with Gasteiger partial charge in [0.2, 0.25) is 11.8 Å². The van der Waals surface area contributed by atoms with Gasteiger partial charge in [-0.25, -0.2) is 0 Å². The average Bonchev–Trinajstić information content (AvgIpc) is 2.96. The molecule has 0 aromatic heterocycles. The number of carbonyl (C=O) groups is 2. The summed E-state index contributed by atoms with van der Waals surface area (Å²) in [6, 6.07) is 5.42. The van der Waals surface area contributed by atoms with Gasteiger partial charge in [0.1, 0.15) is 0 Å². The fraction of sp³-hybridized carbons (Fsp3) is 0.467. The van der Waals surface area contributed by atoms with Crippen molar-refractivity contribution in [2.45, 2.75) is 39.2 Å². The average molecular weight is 275 g/mol. The van der Waals surface area contributed by atoms with Gasteiger partial charge in [-0.3, -0.25) is 9.59 Å². The topological polar surface area (TPSA) is 70.2 Å². The molecule has 5 nitrogen and oxygen atoms in total. The molecule has 1 aromatic carbocycles. The number of carbonyl (C=O) groups excluding carboxylic acids is 2. The van der Waals surface area contributed by atoms with Crippen LogP contribution in [0.5, 0.6) is 0 Å². The third-order valence-electron chi connectivity index (χ3n) is 3.48. The standard InChI is InChI=1S/C15H21N3O2/c1-3-14(19)17-11-7-6-10(2)13(9-11)18-15(20)12-5-4-8-16-12/h6-7,9,12,16H,3-5,8H2,1-2H3,(H,17,19)(H,18,20)/t12-/m1/s1. The van der Waals surface area contributed by atoms with E-state index in [1.165, 1.54) is 0 Å². The van der Waals surface area contributed by atoms with Crippen LogP contribution in [0.3, 0.4) is 0 Å². The summed E-state index contributed by atoms with van der Waals surface area (Å²) in [5.41, 5.74) is 2.43. The van der Waals surface area contributed by atoms with Crippen molar-refractivity contribution in [1.29, 1.82) is 0 Å². The first-order valence-electron chi connectivity index (χ1n) is 7.05. The molecule has 1 saturated heterocycles. The van der Waals surface area contributed by atoms with Crippen LogP contribution in [0, 0.1) is 6.92 Å². The number of rotatable bonds is 4. The number of hydrogen-bond donors (Lipinski definition) is 3. The summed E-state index contributed by atoms with van der Waals surface area (Å²) in [4.78, 5) is 23.5. The van der Waals surface area contributed by atoms with Gasteiger partial charge in [-0.05, 0) is 44.0 Å². The van der Waals surface area contributed by atoms with Gasteiger partial charge < -0.3 is 16.0 Å². The van der Waals surface area contributed by atoms with Crippen molar-refractivity contribution >= 4 is 23.2 Å². The van der Waals surface area contributed by atoms with E-state index >= 15 is 0 Å². The first-order valence-corrected chi connectivity index (χ1v) is 7.05. The maximum atomic E-state index is 12.1. The van der Waals surface area contributed by atoms with Crippen molar-refractivity contribution < 1.29 is 9.59 Å². The second-order valence-electron chi connectivity index (χ2n) is 5.07. The van der Waals surface area contributed by atoms with Crippen molar-refractivity contribution in [1.82, 2.24) is 5.32 Å². The maximum Gasteiger partial charge on any atom is 0.241 e. The summed E-state index contributed by atoms with van der Waals surface area (Å²) in [6.45, 7) is 4.63. The summed E-state index contributed by atoms with van der Waals surface area (Å²) in [5, 5.41) is 8.90. The summed E-state index contributed by atoms with van der Waals surface area (Å²) in [7, 11) is 0. The molecule has 0 saturated carbocycles. The van der Waals surface area contributed by atoms with Crippen LogP contribution in [-0.2, 0) is 9.59 Å². The first kappa shape index (κ1) is 14.5. The van der Waals surface area contributed by atoms with Gasteiger partial charge >= 0.3 is 0 Å². The van der Waals surface area contributed by atoms with Crippen LogP contribution in [0.4, 0.5) is 11.4 Å². The van der Waals surface area contributed by atoms with E-state index in [2.05, 4.69) is 16.0 Å². The summed E-state index contributed by atoms with van der Waals surface area (Å²) in [5.74, 6) is -0.0480. The van der Waals surface area contributed by atoms with Crippen LogP contribution in [-0.4, -0.2) is 24.4 Å². The van der Waals surface area contributed by atoms with E-state index in [0.717, 1.165) is 30.6 Å². The third kappa shape index (κ3) is 3.57. The Kier molecular flexibility index (Phi) is 4.74. The molecular formula is C15H21N3O2. The van der Waals surface area contributed by atoms with Crippen LogP contribution < -0.4 is 16.0 Å². The Morgan fingerprint density at radius 2 is 2.15 bits per heavy atom. The smallest absolute Gasteiger partial charge is 0.241 e. The van der Waals surface area contributed by atoms with Crippen LogP contribution in [0.25, 0.3) is 0 Å². The zero-order chi connectivity index (χ0) is 14.5. The van der Waals surface area contributed by atoms with E-state index in [1.807, 2.05) is 19.1 Å². The molecule has 108 valence electrons. The van der Waals surface area contributed by atoms with Gasteiger partial charge in [0.25, 0.3) is 0 Å². The number of aryl methyl sites for hydroxylation is 1. The van der Waals surface area contributed by atoms with Crippen LogP contribution in [0.2, 0.25) is 0 Å². The lowest BCUT2D eigenvalue weighted by Gasteiger charge is -2.14. The Hall–Kier alpha value is -1.88. The summed E-state index contributed by atoms with van der Waals surface area (Å²) >= 11 is 0. The summed E-state index contributed by atoms with van der Waals surface area (Å²) < 4.78 is 0. The van der Waals surface area contributed by atoms with Crippen LogP contribution in [0.15, 0.2) is 18.2 Å². The van der Waals surface area contributed by atoms with Crippen LogP contribution >= 0.6 is 0 Å². The third-order valence-corrected chi connectivity index (χ3v) is 3.48. The predicted octanol–water partition coefficient (Wildman–Crippen LogP) is 2.03. The van der Waals surface area contributed by atoms with Crippen molar-refractivity contribution in [3.05, 3.63) is 23.8 Å². The monoisotopic (exact) mass is 275 g/mol. The minimum absolute atomic E-state index is 0.00966. The van der Waals surface area contributed by atoms with Crippen LogP contribution in [0.1, 0.15) is 31.7 Å².